The predicted molar refractivity (Wildman–Crippen MR) is 68.2 cm³/mol. The van der Waals surface area contributed by atoms with Gasteiger partial charge in [0.15, 0.2) is 0 Å². The number of carbonyl (C=O) groups is 1. The Morgan fingerprint density at radius 3 is 2.31 bits per heavy atom. The van der Waals surface area contributed by atoms with Crippen molar-refractivity contribution in [3.8, 4) is 0 Å². The first-order chi connectivity index (χ1) is 7.63. The minimum absolute atomic E-state index is 0.307. The highest BCUT2D eigenvalue weighted by atomic mass is 32.2. The Labute approximate surface area is 102 Å². The van der Waals surface area contributed by atoms with Crippen LogP contribution >= 0.6 is 11.8 Å². The molecule has 0 saturated heterocycles. The summed E-state index contributed by atoms with van der Waals surface area (Å²) < 4.78 is 0. The summed E-state index contributed by atoms with van der Waals surface area (Å²) in [5.74, 6) is 0.761. The van der Waals surface area contributed by atoms with Gasteiger partial charge in [-0.2, -0.15) is 11.8 Å². The number of hydrogen-bond acceptors (Lipinski definition) is 3. The molecule has 0 aromatic carbocycles. The van der Waals surface area contributed by atoms with Crippen molar-refractivity contribution in [3.05, 3.63) is 0 Å². The molecule has 2 saturated carbocycles. The summed E-state index contributed by atoms with van der Waals surface area (Å²) in [5.41, 5.74) is 10.9. The van der Waals surface area contributed by atoms with E-state index in [-0.39, 0.29) is 5.91 Å². The third-order valence-corrected chi connectivity index (χ3v) is 5.46. The fraction of sp³-hybridized carbons (Fsp3) is 0.917. The van der Waals surface area contributed by atoms with E-state index >= 15 is 0 Å². The third-order valence-electron chi connectivity index (χ3n) is 3.87. The second kappa shape index (κ2) is 4.96. The summed E-state index contributed by atoms with van der Waals surface area (Å²) in [6.07, 6.45) is 8.73. The van der Waals surface area contributed by atoms with E-state index < -0.39 is 5.54 Å². The molecule has 92 valence electrons. The topological polar surface area (TPSA) is 69.1 Å². The standard InChI is InChI=1S/C12H22N2OS/c13-11(15)12(14,9-6-7-9)8-16-10-4-2-1-3-5-10/h9-10H,1-8,14H2,(H2,13,15). The lowest BCUT2D eigenvalue weighted by atomic mass is 9.96. The van der Waals surface area contributed by atoms with Gasteiger partial charge in [-0.1, -0.05) is 19.3 Å². The van der Waals surface area contributed by atoms with E-state index in [1.165, 1.54) is 32.1 Å². The summed E-state index contributed by atoms with van der Waals surface area (Å²) in [7, 11) is 0. The largest absolute Gasteiger partial charge is 0.368 e. The molecule has 0 aliphatic heterocycles. The van der Waals surface area contributed by atoms with E-state index in [1.54, 1.807) is 0 Å². The Morgan fingerprint density at radius 2 is 1.81 bits per heavy atom. The lowest BCUT2D eigenvalue weighted by molar-refractivity contribution is -0.123. The van der Waals surface area contributed by atoms with Crippen LogP contribution < -0.4 is 11.5 Å². The summed E-state index contributed by atoms with van der Waals surface area (Å²) in [4.78, 5) is 11.5. The van der Waals surface area contributed by atoms with Crippen LogP contribution in [-0.2, 0) is 4.79 Å². The van der Waals surface area contributed by atoms with Gasteiger partial charge < -0.3 is 11.5 Å². The molecular weight excluding hydrogens is 220 g/mol. The van der Waals surface area contributed by atoms with E-state index in [0.717, 1.165) is 18.6 Å². The van der Waals surface area contributed by atoms with E-state index in [4.69, 9.17) is 11.5 Å². The smallest absolute Gasteiger partial charge is 0.238 e. The van der Waals surface area contributed by atoms with Gasteiger partial charge in [-0.05, 0) is 31.6 Å². The van der Waals surface area contributed by atoms with Crippen molar-refractivity contribution < 1.29 is 4.79 Å². The zero-order chi connectivity index (χ0) is 11.6. The first-order valence-electron chi connectivity index (χ1n) is 6.33. The molecule has 0 aromatic rings. The van der Waals surface area contributed by atoms with Crippen LogP contribution in [-0.4, -0.2) is 22.4 Å². The van der Waals surface area contributed by atoms with Crippen LogP contribution in [0.1, 0.15) is 44.9 Å². The Balaban J connectivity index is 1.83. The van der Waals surface area contributed by atoms with Gasteiger partial charge in [0.1, 0.15) is 5.54 Å². The molecule has 2 aliphatic rings. The summed E-state index contributed by atoms with van der Waals surface area (Å²) in [5, 5.41) is 0.703. The van der Waals surface area contributed by atoms with Gasteiger partial charge in [0.25, 0.3) is 0 Å². The van der Waals surface area contributed by atoms with Crippen molar-refractivity contribution in [2.75, 3.05) is 5.75 Å². The van der Waals surface area contributed by atoms with Crippen LogP contribution in [0.2, 0.25) is 0 Å². The molecule has 2 fully saturated rings. The maximum atomic E-state index is 11.5. The molecule has 0 aromatic heterocycles. The monoisotopic (exact) mass is 242 g/mol. The summed E-state index contributed by atoms with van der Waals surface area (Å²) >= 11 is 1.88. The minimum atomic E-state index is -0.734. The summed E-state index contributed by atoms with van der Waals surface area (Å²) in [6.45, 7) is 0. The zero-order valence-corrected chi connectivity index (χ0v) is 10.6. The minimum Gasteiger partial charge on any atom is -0.368 e. The van der Waals surface area contributed by atoms with E-state index in [9.17, 15) is 4.79 Å². The molecule has 4 heteroatoms. The number of hydrogen-bond donors (Lipinski definition) is 2. The highest BCUT2D eigenvalue weighted by Crippen LogP contribution is 2.41. The average molecular weight is 242 g/mol. The first-order valence-corrected chi connectivity index (χ1v) is 7.38. The van der Waals surface area contributed by atoms with Crippen molar-refractivity contribution >= 4 is 17.7 Å². The molecule has 0 heterocycles. The fourth-order valence-electron chi connectivity index (χ4n) is 2.48. The Bertz CT molecular complexity index is 262. The lowest BCUT2D eigenvalue weighted by Crippen LogP contribution is -2.56. The number of primary amides is 1. The van der Waals surface area contributed by atoms with E-state index in [1.807, 2.05) is 11.8 Å². The van der Waals surface area contributed by atoms with Crippen LogP contribution in [0.4, 0.5) is 0 Å². The molecule has 2 aliphatic carbocycles. The lowest BCUT2D eigenvalue weighted by Gasteiger charge is -2.29. The maximum absolute atomic E-state index is 11.5. The molecule has 2 rings (SSSR count). The van der Waals surface area contributed by atoms with Gasteiger partial charge in [-0.15, -0.1) is 0 Å². The number of rotatable bonds is 5. The van der Waals surface area contributed by atoms with Gasteiger partial charge in [0, 0.05) is 11.0 Å². The Hall–Kier alpha value is -0.220. The van der Waals surface area contributed by atoms with Crippen LogP contribution in [0.25, 0.3) is 0 Å². The molecule has 16 heavy (non-hydrogen) atoms. The van der Waals surface area contributed by atoms with Gasteiger partial charge >= 0.3 is 0 Å². The Morgan fingerprint density at radius 1 is 1.19 bits per heavy atom. The number of nitrogens with two attached hydrogens (primary N) is 2. The molecular formula is C12H22N2OS. The Kier molecular flexibility index (Phi) is 3.80. The molecule has 1 amide bonds. The van der Waals surface area contributed by atoms with E-state index in [0.29, 0.717) is 11.2 Å². The van der Waals surface area contributed by atoms with Crippen LogP contribution in [0.3, 0.4) is 0 Å². The van der Waals surface area contributed by atoms with Gasteiger partial charge in [-0.3, -0.25) is 4.79 Å². The quantitative estimate of drug-likeness (QED) is 0.770. The molecule has 3 nitrogen and oxygen atoms in total. The number of thioether (sulfide) groups is 1. The van der Waals surface area contributed by atoms with Crippen molar-refractivity contribution in [3.63, 3.8) is 0 Å². The van der Waals surface area contributed by atoms with Gasteiger partial charge in [-0.25, -0.2) is 0 Å². The van der Waals surface area contributed by atoms with Crippen LogP contribution in [0, 0.1) is 5.92 Å². The molecule has 0 spiro atoms. The van der Waals surface area contributed by atoms with E-state index in [2.05, 4.69) is 0 Å². The van der Waals surface area contributed by atoms with Crippen LogP contribution in [0.15, 0.2) is 0 Å². The van der Waals surface area contributed by atoms with Gasteiger partial charge in [0.05, 0.1) is 0 Å². The second-order valence-corrected chi connectivity index (χ2v) is 6.54. The van der Waals surface area contributed by atoms with Crippen LogP contribution in [0.5, 0.6) is 0 Å². The fourth-order valence-corrected chi connectivity index (χ4v) is 4.03. The van der Waals surface area contributed by atoms with Gasteiger partial charge in [0.2, 0.25) is 5.91 Å². The first kappa shape index (κ1) is 12.2. The van der Waals surface area contributed by atoms with Crippen molar-refractivity contribution in [1.82, 2.24) is 0 Å². The average Bonchev–Trinajstić information content (AvgIpc) is 3.11. The molecule has 0 bridgehead atoms. The molecule has 0 radical (unpaired) electrons. The molecule has 4 N–H and O–H groups in total. The normalized spacial score (nSPS) is 26.3. The number of amides is 1. The SMILES string of the molecule is NC(=O)C(N)(CSC1CCCCC1)C1CC1. The zero-order valence-electron chi connectivity index (χ0n) is 9.78. The molecule has 1 atom stereocenters. The van der Waals surface area contributed by atoms with Crippen molar-refractivity contribution in [2.45, 2.75) is 55.7 Å². The summed E-state index contributed by atoms with van der Waals surface area (Å²) in [6, 6.07) is 0. The maximum Gasteiger partial charge on any atom is 0.238 e. The second-order valence-electron chi connectivity index (χ2n) is 5.25. The van der Waals surface area contributed by atoms with Crippen molar-refractivity contribution in [1.29, 1.82) is 0 Å². The highest BCUT2D eigenvalue weighted by molar-refractivity contribution is 8.00. The highest BCUT2D eigenvalue weighted by Gasteiger charge is 2.46. The number of carbonyl (C=O) groups excluding carboxylic acids is 1. The van der Waals surface area contributed by atoms with Crippen molar-refractivity contribution in [2.24, 2.45) is 17.4 Å². The predicted octanol–water partition coefficient (Wildman–Crippen LogP) is 1.65. The third kappa shape index (κ3) is 2.72. The molecule has 1 unspecified atom stereocenters.